The number of nitrogens with zero attached hydrogens (tertiary/aromatic N) is 2. The van der Waals surface area contributed by atoms with Gasteiger partial charge in [0.2, 0.25) is 5.91 Å². The number of anilines is 1. The van der Waals surface area contributed by atoms with E-state index in [4.69, 9.17) is 0 Å². The third kappa shape index (κ3) is 4.56. The summed E-state index contributed by atoms with van der Waals surface area (Å²) in [6.45, 7) is 3.21. The number of likely N-dealkylation sites (tertiary alicyclic amines) is 1. The zero-order valence-corrected chi connectivity index (χ0v) is 18.8. The van der Waals surface area contributed by atoms with E-state index in [0.29, 0.717) is 11.7 Å². The number of rotatable bonds is 6. The first-order valence-corrected chi connectivity index (χ1v) is 12.2. The summed E-state index contributed by atoms with van der Waals surface area (Å²) < 4.78 is 0. The molecule has 4 nitrogen and oxygen atoms in total. The number of hydrogen-bond donors (Lipinski definition) is 1. The van der Waals surface area contributed by atoms with Crippen LogP contribution in [0.4, 0.5) is 5.82 Å². The second kappa shape index (κ2) is 9.41. The molecule has 1 saturated carbocycles. The highest BCUT2D eigenvalue weighted by Gasteiger charge is 2.40. The quantitative estimate of drug-likeness (QED) is 0.524. The molecule has 0 radical (unpaired) electrons. The van der Waals surface area contributed by atoms with Crippen molar-refractivity contribution in [2.24, 2.45) is 5.41 Å². The molecule has 1 amide bonds. The van der Waals surface area contributed by atoms with E-state index in [9.17, 15) is 4.79 Å². The summed E-state index contributed by atoms with van der Waals surface area (Å²) in [5, 5.41) is 5.75. The molecule has 2 fully saturated rings. The zero-order chi connectivity index (χ0) is 21.8. The lowest BCUT2D eigenvalue weighted by Crippen LogP contribution is -2.41. The normalized spacial score (nSPS) is 20.9. The van der Waals surface area contributed by atoms with Crippen LogP contribution in [0.2, 0.25) is 0 Å². The molecule has 2 aromatic carbocycles. The van der Waals surface area contributed by atoms with Crippen molar-refractivity contribution in [1.82, 2.24) is 9.88 Å². The van der Waals surface area contributed by atoms with Crippen molar-refractivity contribution in [2.75, 3.05) is 25.0 Å². The van der Waals surface area contributed by atoms with Crippen LogP contribution < -0.4 is 5.32 Å². The van der Waals surface area contributed by atoms with Gasteiger partial charge in [-0.05, 0) is 73.2 Å². The number of benzene rings is 2. The van der Waals surface area contributed by atoms with E-state index in [2.05, 4.69) is 57.7 Å². The fourth-order valence-corrected chi connectivity index (χ4v) is 5.65. The van der Waals surface area contributed by atoms with Crippen molar-refractivity contribution >= 4 is 22.5 Å². The van der Waals surface area contributed by atoms with Crippen molar-refractivity contribution in [2.45, 2.75) is 50.9 Å². The minimum Gasteiger partial charge on any atom is -0.310 e. The molecule has 4 heteroatoms. The first-order chi connectivity index (χ1) is 15.7. The molecule has 3 aromatic rings. The molecule has 1 unspecified atom stereocenters. The lowest BCUT2D eigenvalue weighted by Gasteiger charge is -2.37. The topological polar surface area (TPSA) is 45.2 Å². The van der Waals surface area contributed by atoms with Gasteiger partial charge in [0.15, 0.2) is 0 Å². The van der Waals surface area contributed by atoms with Gasteiger partial charge >= 0.3 is 0 Å². The number of aromatic nitrogens is 1. The number of fused-ring (bicyclic) bond motifs is 1. The fraction of sp³-hybridized carbons (Fsp3) is 0.429. The number of amides is 1. The molecule has 5 rings (SSSR count). The first-order valence-electron chi connectivity index (χ1n) is 12.2. The molecule has 1 aliphatic heterocycles. The van der Waals surface area contributed by atoms with E-state index in [1.165, 1.54) is 29.2 Å². The van der Waals surface area contributed by atoms with E-state index in [1.54, 1.807) is 6.20 Å². The summed E-state index contributed by atoms with van der Waals surface area (Å²) >= 11 is 0. The van der Waals surface area contributed by atoms with Crippen LogP contribution in [0.3, 0.4) is 0 Å². The number of pyridine rings is 1. The predicted molar refractivity (Wildman–Crippen MR) is 131 cm³/mol. The summed E-state index contributed by atoms with van der Waals surface area (Å²) in [7, 11) is 0. The number of carbonyl (C=O) groups is 1. The Bertz CT molecular complexity index is 1060. The second-order valence-corrected chi connectivity index (χ2v) is 9.65. The van der Waals surface area contributed by atoms with Crippen LogP contribution in [0.25, 0.3) is 10.8 Å². The van der Waals surface area contributed by atoms with Gasteiger partial charge in [-0.25, -0.2) is 4.98 Å². The second-order valence-electron chi connectivity index (χ2n) is 9.65. The molecule has 1 atom stereocenters. The van der Waals surface area contributed by atoms with Gasteiger partial charge in [-0.1, -0.05) is 67.8 Å². The Morgan fingerprint density at radius 3 is 2.62 bits per heavy atom. The lowest BCUT2D eigenvalue weighted by atomic mass is 9.71. The van der Waals surface area contributed by atoms with Gasteiger partial charge in [0, 0.05) is 12.7 Å². The van der Waals surface area contributed by atoms with Crippen LogP contribution in [-0.2, 0) is 4.79 Å². The first kappa shape index (κ1) is 21.1. The molecule has 2 heterocycles. The molecule has 2 aliphatic rings. The smallest absolute Gasteiger partial charge is 0.231 e. The fourth-order valence-electron chi connectivity index (χ4n) is 5.65. The molecule has 1 saturated heterocycles. The minimum absolute atomic E-state index is 0.168. The van der Waals surface area contributed by atoms with Crippen LogP contribution in [0.5, 0.6) is 0 Å². The molecule has 0 spiro atoms. The average molecular weight is 428 g/mol. The predicted octanol–water partition coefficient (Wildman–Crippen LogP) is 6.00. The van der Waals surface area contributed by atoms with Crippen LogP contribution in [0.15, 0.2) is 66.9 Å². The third-order valence-corrected chi connectivity index (χ3v) is 7.62. The molecule has 1 aromatic heterocycles. The lowest BCUT2D eigenvalue weighted by molar-refractivity contribution is -0.128. The third-order valence-electron chi connectivity index (χ3n) is 7.62. The summed E-state index contributed by atoms with van der Waals surface area (Å²) in [5.74, 6) is 1.42. The molecule has 166 valence electrons. The van der Waals surface area contributed by atoms with Gasteiger partial charge in [-0.3, -0.25) is 4.79 Å². The zero-order valence-electron chi connectivity index (χ0n) is 18.8. The van der Waals surface area contributed by atoms with Crippen LogP contribution in [-0.4, -0.2) is 35.4 Å². The maximum atomic E-state index is 13.3. The Hall–Kier alpha value is -2.72. The summed E-state index contributed by atoms with van der Waals surface area (Å²) in [4.78, 5) is 20.2. The highest BCUT2D eigenvalue weighted by Crippen LogP contribution is 2.41. The Kier molecular flexibility index (Phi) is 6.22. The van der Waals surface area contributed by atoms with E-state index in [1.807, 2.05) is 18.2 Å². The highest BCUT2D eigenvalue weighted by atomic mass is 16.2. The maximum Gasteiger partial charge on any atom is 0.231 e. The van der Waals surface area contributed by atoms with Crippen LogP contribution in [0, 0.1) is 5.41 Å². The van der Waals surface area contributed by atoms with Gasteiger partial charge in [-0.2, -0.15) is 0 Å². The monoisotopic (exact) mass is 427 g/mol. The van der Waals surface area contributed by atoms with Crippen LogP contribution >= 0.6 is 0 Å². The summed E-state index contributed by atoms with van der Waals surface area (Å²) in [6, 6.07) is 21.2. The molecule has 1 aliphatic carbocycles. The molecular weight excluding hydrogens is 394 g/mol. The minimum atomic E-state index is -0.253. The number of nitrogens with one attached hydrogen (secondary N) is 1. The Morgan fingerprint density at radius 2 is 1.81 bits per heavy atom. The van der Waals surface area contributed by atoms with Gasteiger partial charge in [0.1, 0.15) is 5.82 Å². The Morgan fingerprint density at radius 1 is 1.00 bits per heavy atom. The van der Waals surface area contributed by atoms with E-state index in [-0.39, 0.29) is 11.3 Å². The molecule has 0 bridgehead atoms. The van der Waals surface area contributed by atoms with Crippen molar-refractivity contribution in [3.63, 3.8) is 0 Å². The number of hydrogen-bond acceptors (Lipinski definition) is 3. The van der Waals surface area contributed by atoms with Gasteiger partial charge < -0.3 is 10.2 Å². The van der Waals surface area contributed by atoms with E-state index < -0.39 is 0 Å². The average Bonchev–Trinajstić information content (AvgIpc) is 3.33. The highest BCUT2D eigenvalue weighted by molar-refractivity contribution is 5.94. The van der Waals surface area contributed by atoms with Crippen molar-refractivity contribution < 1.29 is 4.79 Å². The van der Waals surface area contributed by atoms with E-state index >= 15 is 0 Å². The summed E-state index contributed by atoms with van der Waals surface area (Å²) in [5.41, 5.74) is 1.20. The maximum absolute atomic E-state index is 13.3. The van der Waals surface area contributed by atoms with Gasteiger partial charge in [0.05, 0.1) is 5.41 Å². The van der Waals surface area contributed by atoms with E-state index in [0.717, 1.165) is 51.7 Å². The van der Waals surface area contributed by atoms with Gasteiger partial charge in [0.25, 0.3) is 0 Å². The molecular formula is C28H33N3O. The largest absolute Gasteiger partial charge is 0.310 e. The van der Waals surface area contributed by atoms with Crippen LogP contribution in [0.1, 0.15) is 56.4 Å². The van der Waals surface area contributed by atoms with Gasteiger partial charge in [-0.15, -0.1) is 0 Å². The SMILES string of the molecule is O=C(Nc1ccccn1)C1(CCN2CCC(c3ccc4ccccc4c3)C2)CCCCC1. The number of carbonyl (C=O) groups excluding carboxylic acids is 1. The van der Waals surface area contributed by atoms with Crippen molar-refractivity contribution in [3.8, 4) is 0 Å². The standard InChI is InChI=1S/C28H33N3O/c32-27(30-26-10-4-7-17-29-26)28(14-5-1-6-15-28)16-19-31-18-13-25(21-31)24-12-11-22-8-2-3-9-23(22)20-24/h2-4,7-12,17,20,25H,1,5-6,13-16,18-19,21H2,(H,29,30,32). The molecule has 32 heavy (non-hydrogen) atoms. The Labute approximate surface area is 191 Å². The van der Waals surface area contributed by atoms with Crippen molar-refractivity contribution in [3.05, 3.63) is 72.4 Å². The molecule has 1 N–H and O–H groups in total. The Balaban J connectivity index is 1.23. The van der Waals surface area contributed by atoms with Crippen molar-refractivity contribution in [1.29, 1.82) is 0 Å². The summed E-state index contributed by atoms with van der Waals surface area (Å²) in [6.07, 6.45) is 9.40.